The van der Waals surface area contributed by atoms with Crippen LogP contribution in [0.4, 0.5) is 0 Å². The fourth-order valence-electron chi connectivity index (χ4n) is 2.76. The Bertz CT molecular complexity index is 1130. The van der Waals surface area contributed by atoms with E-state index in [0.717, 1.165) is 5.39 Å². The van der Waals surface area contributed by atoms with Gasteiger partial charge in [0.25, 0.3) is 11.1 Å². The Kier molecular flexibility index (Phi) is 2.84. The molecule has 0 bridgehead atoms. The second-order valence-corrected chi connectivity index (χ2v) is 5.20. The van der Waals surface area contributed by atoms with Gasteiger partial charge in [0.15, 0.2) is 0 Å². The molecule has 0 spiro atoms. The van der Waals surface area contributed by atoms with Gasteiger partial charge in [-0.05, 0) is 30.3 Å². The van der Waals surface area contributed by atoms with E-state index in [4.69, 9.17) is 4.74 Å². The van der Waals surface area contributed by atoms with Crippen LogP contribution in [0.5, 0.6) is 5.75 Å². The van der Waals surface area contributed by atoms with Gasteiger partial charge in [-0.3, -0.25) is 14.7 Å². The van der Waals surface area contributed by atoms with Crippen LogP contribution in [-0.4, -0.2) is 21.9 Å². The number of fused-ring (bicyclic) bond motifs is 3. The van der Waals surface area contributed by atoms with Crippen LogP contribution in [0.25, 0.3) is 27.5 Å². The van der Waals surface area contributed by atoms with Crippen LogP contribution in [0.15, 0.2) is 58.1 Å². The van der Waals surface area contributed by atoms with Gasteiger partial charge in [0.05, 0.1) is 18.2 Å². The van der Waals surface area contributed by atoms with Crippen molar-refractivity contribution in [3.63, 3.8) is 0 Å². The number of aromatic amines is 2. The number of nitrogens with zero attached hydrogens (tertiary/aromatic N) is 1. The molecule has 0 aliphatic rings. The predicted molar refractivity (Wildman–Crippen MR) is 88.6 cm³/mol. The summed E-state index contributed by atoms with van der Waals surface area (Å²) in [5, 5.41) is 4.00. The number of H-pyrrole nitrogens is 2. The largest absolute Gasteiger partial charge is 0.497 e. The Morgan fingerprint density at radius 1 is 1.00 bits per heavy atom. The second kappa shape index (κ2) is 4.88. The Balaban J connectivity index is 2.07. The highest BCUT2D eigenvalue weighted by atomic mass is 16.5. The third-order valence-electron chi connectivity index (χ3n) is 3.89. The van der Waals surface area contributed by atoms with Gasteiger partial charge in [0.2, 0.25) is 0 Å². The van der Waals surface area contributed by atoms with E-state index < -0.39 is 0 Å². The van der Waals surface area contributed by atoms with Crippen LogP contribution in [0, 0.1) is 0 Å². The first-order valence-electron chi connectivity index (χ1n) is 7.09. The molecule has 0 atom stereocenters. The van der Waals surface area contributed by atoms with E-state index in [1.807, 2.05) is 18.2 Å². The van der Waals surface area contributed by atoms with Crippen LogP contribution in [0.1, 0.15) is 0 Å². The summed E-state index contributed by atoms with van der Waals surface area (Å²) in [7, 11) is 1.58. The van der Waals surface area contributed by atoms with Crippen molar-refractivity contribution in [3.05, 3.63) is 69.2 Å². The van der Waals surface area contributed by atoms with Crippen LogP contribution in [0.2, 0.25) is 0 Å². The molecule has 4 rings (SSSR count). The standard InChI is InChI=1S/C17H13N3O3/c1-23-11-8-6-10(7-9-11)20-17(22)14-12-4-2-3-5-13(12)18-16(21)15(14)19-20/h2-9,19H,1H3,(H,18,21). The van der Waals surface area contributed by atoms with Crippen molar-refractivity contribution in [1.29, 1.82) is 0 Å². The summed E-state index contributed by atoms with van der Waals surface area (Å²) >= 11 is 0. The number of benzene rings is 2. The van der Waals surface area contributed by atoms with Gasteiger partial charge < -0.3 is 9.72 Å². The maximum Gasteiger partial charge on any atom is 0.280 e. The summed E-state index contributed by atoms with van der Waals surface area (Å²) in [6.45, 7) is 0. The molecule has 0 unspecified atom stereocenters. The summed E-state index contributed by atoms with van der Waals surface area (Å²) in [5.74, 6) is 0.696. The molecule has 4 aromatic rings. The maximum atomic E-state index is 12.8. The number of rotatable bonds is 2. The smallest absolute Gasteiger partial charge is 0.280 e. The Hall–Kier alpha value is -3.28. The molecule has 0 saturated carbocycles. The topological polar surface area (TPSA) is 79.9 Å². The number of pyridine rings is 1. The highest BCUT2D eigenvalue weighted by molar-refractivity contribution is 6.03. The monoisotopic (exact) mass is 307 g/mol. The van der Waals surface area contributed by atoms with Gasteiger partial charge in [-0.25, -0.2) is 4.68 Å². The molecular formula is C17H13N3O3. The highest BCUT2D eigenvalue weighted by Crippen LogP contribution is 2.19. The number of nitrogens with one attached hydrogen (secondary N) is 2. The van der Waals surface area contributed by atoms with Crippen molar-refractivity contribution in [2.45, 2.75) is 0 Å². The SMILES string of the molecule is COc1ccc(-n2[nH]c3c(=O)[nH]c4ccccc4c3c2=O)cc1. The molecule has 0 saturated heterocycles. The van der Waals surface area contributed by atoms with Crippen molar-refractivity contribution in [2.24, 2.45) is 0 Å². The van der Waals surface area contributed by atoms with Crippen molar-refractivity contribution in [2.75, 3.05) is 7.11 Å². The zero-order valence-corrected chi connectivity index (χ0v) is 12.3. The fourth-order valence-corrected chi connectivity index (χ4v) is 2.76. The van der Waals surface area contributed by atoms with E-state index in [1.165, 1.54) is 4.68 Å². The van der Waals surface area contributed by atoms with Gasteiger partial charge in [0, 0.05) is 10.9 Å². The van der Waals surface area contributed by atoms with E-state index in [9.17, 15) is 9.59 Å². The molecule has 6 nitrogen and oxygen atoms in total. The number of aromatic nitrogens is 3. The number of ether oxygens (including phenoxy) is 1. The summed E-state index contributed by atoms with van der Waals surface area (Å²) in [6, 6.07) is 14.3. The molecule has 6 heteroatoms. The molecular weight excluding hydrogens is 294 g/mol. The minimum Gasteiger partial charge on any atom is -0.497 e. The average Bonchev–Trinajstić information content (AvgIpc) is 2.94. The van der Waals surface area contributed by atoms with Crippen LogP contribution >= 0.6 is 0 Å². The summed E-state index contributed by atoms with van der Waals surface area (Å²) in [4.78, 5) is 27.8. The van der Waals surface area contributed by atoms with Gasteiger partial charge in [-0.2, -0.15) is 0 Å². The van der Waals surface area contributed by atoms with E-state index in [1.54, 1.807) is 37.4 Å². The minimum atomic E-state index is -0.317. The number of hydrogen-bond acceptors (Lipinski definition) is 3. The Labute approximate surface area is 129 Å². The zero-order chi connectivity index (χ0) is 16.0. The third-order valence-corrected chi connectivity index (χ3v) is 3.89. The van der Waals surface area contributed by atoms with Crippen molar-refractivity contribution >= 4 is 21.8 Å². The molecule has 2 heterocycles. The van der Waals surface area contributed by atoms with Crippen LogP contribution < -0.4 is 15.9 Å². The van der Waals surface area contributed by atoms with E-state index in [2.05, 4.69) is 10.1 Å². The first kappa shape index (κ1) is 13.4. The van der Waals surface area contributed by atoms with Gasteiger partial charge >= 0.3 is 0 Å². The van der Waals surface area contributed by atoms with E-state index >= 15 is 0 Å². The Morgan fingerprint density at radius 3 is 2.48 bits per heavy atom. The molecule has 0 amide bonds. The first-order chi connectivity index (χ1) is 11.2. The molecule has 0 aliphatic heterocycles. The molecule has 2 aromatic carbocycles. The maximum absolute atomic E-state index is 12.8. The molecule has 2 N–H and O–H groups in total. The predicted octanol–water partition coefficient (Wildman–Crippen LogP) is 2.17. The molecule has 0 radical (unpaired) electrons. The Morgan fingerprint density at radius 2 is 1.74 bits per heavy atom. The normalized spacial score (nSPS) is 11.2. The van der Waals surface area contributed by atoms with Crippen LogP contribution in [0.3, 0.4) is 0 Å². The lowest BCUT2D eigenvalue weighted by molar-refractivity contribution is 0.414. The fraction of sp³-hybridized carbons (Fsp3) is 0.0588. The first-order valence-corrected chi connectivity index (χ1v) is 7.09. The van der Waals surface area contributed by atoms with Crippen molar-refractivity contribution in [1.82, 2.24) is 14.8 Å². The van der Waals surface area contributed by atoms with E-state index in [-0.39, 0.29) is 16.6 Å². The summed E-state index contributed by atoms with van der Waals surface area (Å²) < 4.78 is 6.49. The lowest BCUT2D eigenvalue weighted by Crippen LogP contribution is -2.14. The lowest BCUT2D eigenvalue weighted by atomic mass is 10.1. The van der Waals surface area contributed by atoms with E-state index in [0.29, 0.717) is 22.3 Å². The molecule has 23 heavy (non-hydrogen) atoms. The molecule has 114 valence electrons. The van der Waals surface area contributed by atoms with Crippen molar-refractivity contribution < 1.29 is 4.74 Å². The average molecular weight is 307 g/mol. The quantitative estimate of drug-likeness (QED) is 0.595. The number of methoxy groups -OCH3 is 1. The van der Waals surface area contributed by atoms with Crippen LogP contribution in [-0.2, 0) is 0 Å². The number of hydrogen-bond donors (Lipinski definition) is 2. The number of para-hydroxylation sites is 1. The third kappa shape index (κ3) is 1.96. The lowest BCUT2D eigenvalue weighted by Gasteiger charge is -2.03. The molecule has 2 aromatic heterocycles. The summed E-state index contributed by atoms with van der Waals surface area (Å²) in [5.41, 5.74) is 0.971. The molecule has 0 fully saturated rings. The zero-order valence-electron chi connectivity index (χ0n) is 12.3. The van der Waals surface area contributed by atoms with Gasteiger partial charge in [-0.15, -0.1) is 0 Å². The van der Waals surface area contributed by atoms with Gasteiger partial charge in [-0.1, -0.05) is 18.2 Å². The highest BCUT2D eigenvalue weighted by Gasteiger charge is 2.14. The minimum absolute atomic E-state index is 0.257. The second-order valence-electron chi connectivity index (χ2n) is 5.20. The van der Waals surface area contributed by atoms with Crippen molar-refractivity contribution in [3.8, 4) is 11.4 Å². The van der Waals surface area contributed by atoms with Gasteiger partial charge in [0.1, 0.15) is 11.3 Å². The molecule has 0 aliphatic carbocycles. The summed E-state index contributed by atoms with van der Waals surface area (Å²) in [6.07, 6.45) is 0.